The lowest BCUT2D eigenvalue weighted by molar-refractivity contribution is -0.137. The molecule has 0 saturated heterocycles. The first kappa shape index (κ1) is 25.0. The summed E-state index contributed by atoms with van der Waals surface area (Å²) < 4.78 is 5.17. The van der Waals surface area contributed by atoms with E-state index in [9.17, 15) is 19.8 Å². The van der Waals surface area contributed by atoms with Crippen LogP contribution in [0.15, 0.2) is 48.6 Å². The zero-order valence-corrected chi connectivity index (χ0v) is 18.3. The maximum absolute atomic E-state index is 12.3. The number of aliphatic hydroxyl groups excluding tert-OH is 2. The molecule has 0 aromatic heterocycles. The van der Waals surface area contributed by atoms with E-state index in [4.69, 9.17) is 9.84 Å². The molecular formula is C25H34O6. The van der Waals surface area contributed by atoms with Crippen molar-refractivity contribution in [3.8, 4) is 0 Å². The predicted molar refractivity (Wildman–Crippen MR) is 119 cm³/mol. The van der Waals surface area contributed by atoms with E-state index in [1.165, 1.54) is 0 Å². The zero-order chi connectivity index (χ0) is 22.8. The Bertz CT molecular complexity index is 784. The Morgan fingerprint density at radius 3 is 2.81 bits per heavy atom. The largest absolute Gasteiger partial charge is 0.481 e. The van der Waals surface area contributed by atoms with Crippen molar-refractivity contribution in [2.75, 3.05) is 7.11 Å². The molecule has 2 rings (SSSR count). The molecule has 1 aromatic rings. The van der Waals surface area contributed by atoms with E-state index in [0.29, 0.717) is 25.9 Å². The second kappa shape index (κ2) is 12.5. The Hall–Kier alpha value is -2.28. The van der Waals surface area contributed by atoms with Gasteiger partial charge in [0.2, 0.25) is 0 Å². The summed E-state index contributed by atoms with van der Waals surface area (Å²) in [5.41, 5.74) is 2.03. The molecule has 6 nitrogen and oxygen atoms in total. The average molecular weight is 431 g/mol. The molecule has 0 heterocycles. The first-order valence-corrected chi connectivity index (χ1v) is 10.8. The van der Waals surface area contributed by atoms with Crippen LogP contribution in [0.4, 0.5) is 0 Å². The van der Waals surface area contributed by atoms with Gasteiger partial charge in [-0.3, -0.25) is 9.59 Å². The van der Waals surface area contributed by atoms with E-state index in [0.717, 1.165) is 11.1 Å². The topological polar surface area (TPSA) is 104 Å². The summed E-state index contributed by atoms with van der Waals surface area (Å²) in [7, 11) is 1.64. The number of hydrogen-bond acceptors (Lipinski definition) is 5. The summed E-state index contributed by atoms with van der Waals surface area (Å²) in [6.07, 6.45) is 7.72. The van der Waals surface area contributed by atoms with Crippen LogP contribution in [0.5, 0.6) is 0 Å². The summed E-state index contributed by atoms with van der Waals surface area (Å²) in [4.78, 5) is 22.9. The second-order valence-electron chi connectivity index (χ2n) is 8.26. The van der Waals surface area contributed by atoms with Gasteiger partial charge in [-0.15, -0.1) is 0 Å². The van der Waals surface area contributed by atoms with E-state index >= 15 is 0 Å². The normalized spacial score (nSPS) is 23.6. The van der Waals surface area contributed by atoms with E-state index < -0.39 is 18.2 Å². The third-order valence-corrected chi connectivity index (χ3v) is 5.88. The minimum atomic E-state index is -0.814. The summed E-state index contributed by atoms with van der Waals surface area (Å²) in [6.45, 7) is 2.45. The standard InChI is InChI=1S/C25H34O6/c1-17(19-9-7-8-18(14-19)16-31-2)22(26)13-12-21-20(23(27)15-24(21)28)10-5-3-4-6-11-25(29)30/h3,5,7-9,12-14,17,20-22,24,26,28H,4,6,10-11,15-16H2,1-2H3,(H,29,30)/b5-3-,13-12+/t17?,20-,21-,22?,24-/m1/s1. The highest BCUT2D eigenvalue weighted by molar-refractivity contribution is 5.84. The zero-order valence-electron chi connectivity index (χ0n) is 18.3. The van der Waals surface area contributed by atoms with Gasteiger partial charge in [0.1, 0.15) is 5.78 Å². The van der Waals surface area contributed by atoms with E-state index in [1.807, 2.05) is 43.3 Å². The smallest absolute Gasteiger partial charge is 0.303 e. The van der Waals surface area contributed by atoms with Crippen molar-refractivity contribution >= 4 is 11.8 Å². The van der Waals surface area contributed by atoms with Gasteiger partial charge in [0.15, 0.2) is 0 Å². The fourth-order valence-corrected chi connectivity index (χ4v) is 4.00. The lowest BCUT2D eigenvalue weighted by Gasteiger charge is -2.20. The van der Waals surface area contributed by atoms with Gasteiger partial charge in [-0.25, -0.2) is 0 Å². The Kier molecular flexibility index (Phi) is 10.1. The number of carboxylic acids is 1. The molecule has 2 unspecified atom stereocenters. The number of hydrogen-bond donors (Lipinski definition) is 3. The van der Waals surface area contributed by atoms with E-state index in [1.54, 1.807) is 19.3 Å². The fourth-order valence-electron chi connectivity index (χ4n) is 4.00. The van der Waals surface area contributed by atoms with Crippen LogP contribution in [0.1, 0.15) is 56.1 Å². The second-order valence-corrected chi connectivity index (χ2v) is 8.26. The highest BCUT2D eigenvalue weighted by Crippen LogP contribution is 2.34. The number of methoxy groups -OCH3 is 1. The summed E-state index contributed by atoms with van der Waals surface area (Å²) in [5.74, 6) is -1.60. The average Bonchev–Trinajstić information content (AvgIpc) is 3.00. The molecule has 0 radical (unpaired) electrons. The number of unbranched alkanes of at least 4 members (excludes halogenated alkanes) is 1. The number of aliphatic hydroxyl groups is 2. The molecule has 1 saturated carbocycles. The molecule has 170 valence electrons. The summed E-state index contributed by atoms with van der Waals surface area (Å²) >= 11 is 0. The van der Waals surface area contributed by atoms with Crippen LogP contribution in [-0.4, -0.2) is 46.4 Å². The number of benzene rings is 1. The highest BCUT2D eigenvalue weighted by atomic mass is 16.5. The number of aliphatic carboxylic acids is 1. The van der Waals surface area contributed by atoms with Crippen LogP contribution in [0.3, 0.4) is 0 Å². The van der Waals surface area contributed by atoms with E-state index in [-0.39, 0.29) is 36.4 Å². The minimum absolute atomic E-state index is 0.0205. The van der Waals surface area contributed by atoms with Crippen molar-refractivity contribution in [1.82, 2.24) is 0 Å². The molecule has 1 aliphatic rings. The first-order valence-electron chi connectivity index (χ1n) is 10.8. The van der Waals surface area contributed by atoms with Gasteiger partial charge < -0.3 is 20.1 Å². The molecule has 0 bridgehead atoms. The Balaban J connectivity index is 1.97. The van der Waals surface area contributed by atoms with Crippen molar-refractivity contribution in [3.05, 3.63) is 59.7 Å². The Labute approximate surface area is 184 Å². The number of ether oxygens (including phenoxy) is 1. The number of carbonyl (C=O) groups is 2. The van der Waals surface area contributed by atoms with Gasteiger partial charge in [0.05, 0.1) is 18.8 Å². The van der Waals surface area contributed by atoms with Crippen LogP contribution in [0, 0.1) is 11.8 Å². The molecule has 1 fully saturated rings. The van der Waals surface area contributed by atoms with Crippen molar-refractivity contribution in [2.24, 2.45) is 11.8 Å². The maximum atomic E-state index is 12.3. The van der Waals surface area contributed by atoms with Gasteiger partial charge in [0.25, 0.3) is 0 Å². The van der Waals surface area contributed by atoms with Gasteiger partial charge >= 0.3 is 5.97 Å². The summed E-state index contributed by atoms with van der Waals surface area (Å²) in [6, 6.07) is 7.89. The Morgan fingerprint density at radius 2 is 2.10 bits per heavy atom. The maximum Gasteiger partial charge on any atom is 0.303 e. The molecule has 0 spiro atoms. The molecule has 31 heavy (non-hydrogen) atoms. The van der Waals surface area contributed by atoms with Crippen molar-refractivity contribution in [2.45, 2.75) is 63.8 Å². The lowest BCUT2D eigenvalue weighted by Crippen LogP contribution is -2.20. The number of rotatable bonds is 12. The number of Topliss-reactive ketones (excluding diaryl/α,β-unsaturated/α-hetero) is 1. The van der Waals surface area contributed by atoms with Crippen molar-refractivity contribution in [3.63, 3.8) is 0 Å². The molecular weight excluding hydrogens is 396 g/mol. The molecule has 0 amide bonds. The molecule has 5 atom stereocenters. The van der Waals surface area contributed by atoms with Crippen molar-refractivity contribution < 1.29 is 29.6 Å². The van der Waals surface area contributed by atoms with E-state index in [2.05, 4.69) is 0 Å². The van der Waals surface area contributed by atoms with Crippen LogP contribution < -0.4 is 0 Å². The molecule has 0 aliphatic heterocycles. The van der Waals surface area contributed by atoms with Crippen molar-refractivity contribution in [1.29, 1.82) is 0 Å². The lowest BCUT2D eigenvalue weighted by atomic mass is 9.88. The monoisotopic (exact) mass is 430 g/mol. The number of carbonyl (C=O) groups excluding carboxylic acids is 1. The summed E-state index contributed by atoms with van der Waals surface area (Å²) in [5, 5.41) is 29.7. The van der Waals surface area contributed by atoms with Crippen LogP contribution in [0.2, 0.25) is 0 Å². The number of carboxylic acid groups (broad SMARTS) is 1. The molecule has 1 aliphatic carbocycles. The highest BCUT2D eigenvalue weighted by Gasteiger charge is 2.39. The third-order valence-electron chi connectivity index (χ3n) is 5.88. The van der Waals surface area contributed by atoms with Gasteiger partial charge in [-0.1, -0.05) is 55.5 Å². The first-order chi connectivity index (χ1) is 14.8. The number of ketones is 1. The minimum Gasteiger partial charge on any atom is -0.481 e. The number of allylic oxidation sites excluding steroid dienone is 2. The Morgan fingerprint density at radius 1 is 1.32 bits per heavy atom. The van der Waals surface area contributed by atoms with Crippen LogP contribution in [-0.2, 0) is 20.9 Å². The van der Waals surface area contributed by atoms with Gasteiger partial charge in [-0.05, 0) is 30.4 Å². The molecule has 3 N–H and O–H groups in total. The molecule has 1 aromatic carbocycles. The predicted octanol–water partition coefficient (Wildman–Crippen LogP) is 3.62. The van der Waals surface area contributed by atoms with Gasteiger partial charge in [0, 0.05) is 37.7 Å². The molecule has 6 heteroatoms. The third kappa shape index (κ3) is 7.73. The quantitative estimate of drug-likeness (QED) is 0.346. The van der Waals surface area contributed by atoms with Crippen LogP contribution >= 0.6 is 0 Å². The fraction of sp³-hybridized carbons (Fsp3) is 0.520. The van der Waals surface area contributed by atoms with Gasteiger partial charge in [-0.2, -0.15) is 0 Å². The SMILES string of the molecule is COCc1cccc(C(C)C(O)/C=C/[C@H]2[C@H](O)CC(=O)[C@@H]2C/C=C\CCCC(=O)O)c1. The van der Waals surface area contributed by atoms with Crippen LogP contribution in [0.25, 0.3) is 0 Å².